The van der Waals surface area contributed by atoms with Crippen molar-refractivity contribution in [2.75, 3.05) is 0 Å². The zero-order chi connectivity index (χ0) is 24.4. The summed E-state index contributed by atoms with van der Waals surface area (Å²) >= 11 is 7.36. The third-order valence-corrected chi connectivity index (χ3v) is 6.59. The highest BCUT2D eigenvalue weighted by atomic mass is 35.5. The molecule has 0 spiro atoms. The van der Waals surface area contributed by atoms with Gasteiger partial charge in [0.05, 0.1) is 21.8 Å². The summed E-state index contributed by atoms with van der Waals surface area (Å²) in [5.74, 6) is -0.966. The van der Waals surface area contributed by atoms with Gasteiger partial charge >= 0.3 is 12.1 Å². The van der Waals surface area contributed by atoms with Gasteiger partial charge in [-0.05, 0) is 55.3 Å². The topological polar surface area (TPSA) is 73.5 Å². The van der Waals surface area contributed by atoms with Crippen LogP contribution in [0.1, 0.15) is 30.7 Å². The van der Waals surface area contributed by atoms with Gasteiger partial charge < -0.3 is 10.5 Å². The number of rotatable bonds is 7. The van der Waals surface area contributed by atoms with Gasteiger partial charge in [0.25, 0.3) is 0 Å². The van der Waals surface area contributed by atoms with Crippen LogP contribution in [0.4, 0.5) is 18.9 Å². The van der Waals surface area contributed by atoms with Crippen LogP contribution in [-0.2, 0) is 10.2 Å². The third-order valence-electron chi connectivity index (χ3n) is 5.09. The smallest absolute Gasteiger partial charge is 0.429 e. The fourth-order valence-electron chi connectivity index (χ4n) is 2.97. The van der Waals surface area contributed by atoms with E-state index in [9.17, 15) is 23.1 Å². The van der Waals surface area contributed by atoms with E-state index in [2.05, 4.69) is 4.99 Å². The van der Waals surface area contributed by atoms with Gasteiger partial charge in [0.2, 0.25) is 0 Å². The number of alkyl halides is 3. The zero-order valence-electron chi connectivity index (χ0n) is 17.7. The van der Waals surface area contributed by atoms with Gasteiger partial charge in [0.15, 0.2) is 0 Å². The van der Waals surface area contributed by atoms with Gasteiger partial charge in [-0.1, -0.05) is 41.9 Å². The van der Waals surface area contributed by atoms with Crippen LogP contribution in [0.25, 0.3) is 10.4 Å². The Labute approximate surface area is 197 Å². The molecule has 0 amide bonds. The van der Waals surface area contributed by atoms with Crippen LogP contribution in [0.15, 0.2) is 65.7 Å². The van der Waals surface area contributed by atoms with Crippen LogP contribution in [0.2, 0.25) is 5.02 Å². The molecule has 0 bridgehead atoms. The van der Waals surface area contributed by atoms with E-state index in [1.54, 1.807) is 74.5 Å². The molecule has 0 aliphatic rings. The first kappa shape index (κ1) is 24.7. The predicted octanol–water partition coefficient (Wildman–Crippen LogP) is 7.52. The maximum Gasteiger partial charge on any atom is 0.429 e. The minimum absolute atomic E-state index is 0.0729. The second-order valence-electron chi connectivity index (χ2n) is 7.84. The number of carbonyl (C=O) groups is 1. The summed E-state index contributed by atoms with van der Waals surface area (Å²) in [6.07, 6.45) is -5.47. The van der Waals surface area contributed by atoms with E-state index < -0.39 is 29.7 Å². The number of para-hydroxylation sites is 1. The highest BCUT2D eigenvalue weighted by Crippen LogP contribution is 2.34. The van der Waals surface area contributed by atoms with Crippen molar-refractivity contribution < 1.29 is 23.1 Å². The summed E-state index contributed by atoms with van der Waals surface area (Å²) in [4.78, 5) is 17.2. The van der Waals surface area contributed by atoms with Crippen molar-refractivity contribution in [3.63, 3.8) is 0 Å². The molecule has 172 valence electrons. The van der Waals surface area contributed by atoms with Crippen molar-refractivity contribution in [3.8, 4) is 10.4 Å². The van der Waals surface area contributed by atoms with E-state index in [4.69, 9.17) is 17.0 Å². The summed E-state index contributed by atoms with van der Waals surface area (Å²) in [6.45, 7) is 3.21. The molecular formula is C24H20ClF3N2O2S. The molecule has 0 unspecified atom stereocenters. The molecule has 9 heteroatoms. The molecule has 0 atom stereocenters. The fraction of sp³-hybridized carbons (Fsp3) is 0.208. The van der Waals surface area contributed by atoms with E-state index in [0.29, 0.717) is 16.1 Å². The molecule has 0 saturated carbocycles. The number of hydrogen-bond donors (Lipinski definition) is 2. The van der Waals surface area contributed by atoms with Gasteiger partial charge in [0.1, 0.15) is 5.71 Å². The van der Waals surface area contributed by atoms with Gasteiger partial charge in [0, 0.05) is 16.2 Å². The number of aliphatic imine (C=N–C) groups is 1. The minimum atomic E-state index is -4.77. The lowest BCUT2D eigenvalue weighted by Gasteiger charge is -2.20. The number of thiophene rings is 1. The Kier molecular flexibility index (Phi) is 7.09. The Morgan fingerprint density at radius 3 is 2.42 bits per heavy atom. The van der Waals surface area contributed by atoms with Crippen LogP contribution >= 0.6 is 22.9 Å². The van der Waals surface area contributed by atoms with Gasteiger partial charge in [-0.2, -0.15) is 13.2 Å². The highest BCUT2D eigenvalue weighted by Gasteiger charge is 2.35. The van der Waals surface area contributed by atoms with Gasteiger partial charge in [-0.15, -0.1) is 11.3 Å². The Balaban J connectivity index is 2.03. The number of benzene rings is 2. The average Bonchev–Trinajstić information content (AvgIpc) is 3.24. The molecule has 33 heavy (non-hydrogen) atoms. The lowest BCUT2D eigenvalue weighted by Crippen LogP contribution is -2.28. The summed E-state index contributed by atoms with van der Waals surface area (Å²) in [5, 5.41) is 17.3. The molecule has 1 aromatic heterocycles. The van der Waals surface area contributed by atoms with Crippen LogP contribution in [0, 0.1) is 5.41 Å². The lowest BCUT2D eigenvalue weighted by atomic mass is 9.84. The molecule has 0 radical (unpaired) electrons. The van der Waals surface area contributed by atoms with Crippen molar-refractivity contribution in [3.05, 3.63) is 76.1 Å². The average molecular weight is 493 g/mol. The predicted molar refractivity (Wildman–Crippen MR) is 126 cm³/mol. The molecule has 0 aliphatic heterocycles. The Morgan fingerprint density at radius 2 is 1.79 bits per heavy atom. The molecule has 2 N–H and O–H groups in total. The molecule has 0 fully saturated rings. The number of carboxylic acid groups (broad SMARTS) is 1. The van der Waals surface area contributed by atoms with Gasteiger partial charge in [-0.3, -0.25) is 9.79 Å². The van der Waals surface area contributed by atoms with Crippen LogP contribution < -0.4 is 0 Å². The number of nitrogens with one attached hydrogen (secondary N) is 1. The molecule has 1 heterocycles. The highest BCUT2D eigenvalue weighted by molar-refractivity contribution is 7.17. The number of nitrogens with zero attached hydrogens (tertiary/aromatic N) is 1. The number of carboxylic acids is 1. The van der Waals surface area contributed by atoms with Crippen molar-refractivity contribution in [2.24, 2.45) is 4.99 Å². The largest absolute Gasteiger partial charge is 0.481 e. The van der Waals surface area contributed by atoms with Crippen LogP contribution in [0.5, 0.6) is 0 Å². The number of hydrogen-bond acceptors (Lipinski definition) is 4. The second-order valence-corrected chi connectivity index (χ2v) is 9.33. The summed E-state index contributed by atoms with van der Waals surface area (Å²) in [5.41, 5.74) is -0.789. The standard InChI is InChI=1S/C24H20ClF3N2O2S/c1-23(2,22(31)32)15-7-5-6-14(12-15)19-10-11-20(33-19)18(13-21(29)24(26,27)28)30-17-9-4-3-8-16(17)25/h3-12,29H,13H2,1-2H3,(H,31,32). The van der Waals surface area contributed by atoms with Crippen LogP contribution in [0.3, 0.4) is 0 Å². The first-order valence-corrected chi connectivity index (χ1v) is 11.0. The van der Waals surface area contributed by atoms with E-state index >= 15 is 0 Å². The maximum absolute atomic E-state index is 13.1. The number of halogens is 4. The lowest BCUT2D eigenvalue weighted by molar-refractivity contribution is -0.142. The fourth-order valence-corrected chi connectivity index (χ4v) is 4.14. The van der Waals surface area contributed by atoms with E-state index in [-0.39, 0.29) is 10.7 Å². The first-order chi connectivity index (χ1) is 15.4. The van der Waals surface area contributed by atoms with E-state index in [0.717, 1.165) is 10.4 Å². The molecule has 2 aromatic carbocycles. The van der Waals surface area contributed by atoms with Crippen molar-refractivity contribution in [1.82, 2.24) is 0 Å². The van der Waals surface area contributed by atoms with Crippen LogP contribution in [-0.4, -0.2) is 28.7 Å². The second kappa shape index (κ2) is 9.49. The molecular weight excluding hydrogens is 473 g/mol. The minimum Gasteiger partial charge on any atom is -0.481 e. The summed E-state index contributed by atoms with van der Waals surface area (Å²) in [6, 6.07) is 17.0. The zero-order valence-corrected chi connectivity index (χ0v) is 19.3. The first-order valence-electron chi connectivity index (χ1n) is 9.81. The van der Waals surface area contributed by atoms with E-state index in [1.807, 2.05) is 0 Å². The molecule has 0 aliphatic carbocycles. The summed E-state index contributed by atoms with van der Waals surface area (Å²) in [7, 11) is 0. The maximum atomic E-state index is 13.1. The normalized spacial score (nSPS) is 12.6. The Bertz CT molecular complexity index is 1230. The quantitative estimate of drug-likeness (QED) is 0.334. The van der Waals surface area contributed by atoms with E-state index in [1.165, 1.54) is 11.3 Å². The molecule has 0 saturated heterocycles. The van der Waals surface area contributed by atoms with Crippen molar-refractivity contribution in [1.29, 1.82) is 5.41 Å². The van der Waals surface area contributed by atoms with Crippen molar-refractivity contribution in [2.45, 2.75) is 31.9 Å². The third kappa shape index (κ3) is 5.69. The summed E-state index contributed by atoms with van der Waals surface area (Å²) < 4.78 is 39.3. The van der Waals surface area contributed by atoms with Gasteiger partial charge in [-0.25, -0.2) is 0 Å². The van der Waals surface area contributed by atoms with Crippen molar-refractivity contribution >= 4 is 46.0 Å². The SMILES string of the molecule is CC(C)(C(=O)O)c1cccc(-c2ccc(C(CC(=N)C(F)(F)F)=Nc3ccccc3Cl)s2)c1. The Morgan fingerprint density at radius 1 is 1.09 bits per heavy atom. The molecule has 4 nitrogen and oxygen atoms in total. The Hall–Kier alpha value is -2.97. The molecule has 3 rings (SSSR count). The monoisotopic (exact) mass is 492 g/mol. The number of aliphatic carboxylic acids is 1. The molecule has 3 aromatic rings.